The molecule has 2 N–H and O–H groups in total. The molecule has 1 atom stereocenters. The summed E-state index contributed by atoms with van der Waals surface area (Å²) in [4.78, 5) is 10.7. The van der Waals surface area contributed by atoms with Crippen LogP contribution in [0.2, 0.25) is 0 Å². The van der Waals surface area contributed by atoms with E-state index in [2.05, 4.69) is 10.6 Å². The van der Waals surface area contributed by atoms with Crippen molar-refractivity contribution in [2.45, 2.75) is 6.42 Å². The standard InChI is InChI=1S/C12H17N3O3/c1-18-11-4-2-3-10(12(11)15(16)17)14-8-9-5-6-13-7-9/h2-4,9,13-14H,5-8H2,1H3. The van der Waals surface area contributed by atoms with Crippen molar-refractivity contribution in [1.29, 1.82) is 0 Å². The molecule has 0 saturated carbocycles. The van der Waals surface area contributed by atoms with Gasteiger partial charge < -0.3 is 15.4 Å². The fourth-order valence-corrected chi connectivity index (χ4v) is 2.16. The summed E-state index contributed by atoms with van der Waals surface area (Å²) in [6.07, 6.45) is 1.10. The highest BCUT2D eigenvalue weighted by Crippen LogP contribution is 2.34. The van der Waals surface area contributed by atoms with E-state index in [4.69, 9.17) is 4.74 Å². The van der Waals surface area contributed by atoms with Gasteiger partial charge in [0.25, 0.3) is 0 Å². The number of hydrogen-bond donors (Lipinski definition) is 2. The van der Waals surface area contributed by atoms with Gasteiger partial charge in [0.1, 0.15) is 5.69 Å². The molecular formula is C12H17N3O3. The number of anilines is 1. The van der Waals surface area contributed by atoms with Crippen LogP contribution in [0.3, 0.4) is 0 Å². The van der Waals surface area contributed by atoms with E-state index in [1.165, 1.54) is 7.11 Å². The number of hydrogen-bond acceptors (Lipinski definition) is 5. The summed E-state index contributed by atoms with van der Waals surface area (Å²) in [7, 11) is 1.44. The molecule has 98 valence electrons. The number of ether oxygens (including phenoxy) is 1. The number of nitrogens with one attached hydrogen (secondary N) is 2. The van der Waals surface area contributed by atoms with Gasteiger partial charge in [-0.2, -0.15) is 0 Å². The Morgan fingerprint density at radius 3 is 3.06 bits per heavy atom. The van der Waals surface area contributed by atoms with E-state index in [9.17, 15) is 10.1 Å². The first-order chi connectivity index (χ1) is 8.72. The van der Waals surface area contributed by atoms with Crippen molar-refractivity contribution in [3.8, 4) is 5.75 Å². The Hall–Kier alpha value is -1.82. The molecule has 1 saturated heterocycles. The van der Waals surface area contributed by atoms with Crippen LogP contribution >= 0.6 is 0 Å². The molecule has 6 heteroatoms. The zero-order valence-electron chi connectivity index (χ0n) is 10.3. The highest BCUT2D eigenvalue weighted by molar-refractivity contribution is 5.68. The van der Waals surface area contributed by atoms with Gasteiger partial charge in [-0.15, -0.1) is 0 Å². The van der Waals surface area contributed by atoms with Gasteiger partial charge in [-0.25, -0.2) is 0 Å². The average molecular weight is 251 g/mol. The van der Waals surface area contributed by atoms with Crippen molar-refractivity contribution in [3.63, 3.8) is 0 Å². The Morgan fingerprint density at radius 2 is 2.44 bits per heavy atom. The van der Waals surface area contributed by atoms with Gasteiger partial charge >= 0.3 is 5.69 Å². The van der Waals surface area contributed by atoms with Crippen LogP contribution in [-0.4, -0.2) is 31.7 Å². The maximum absolute atomic E-state index is 11.1. The van der Waals surface area contributed by atoms with Gasteiger partial charge in [0.15, 0.2) is 5.75 Å². The lowest BCUT2D eigenvalue weighted by atomic mass is 10.1. The zero-order valence-corrected chi connectivity index (χ0v) is 10.3. The minimum Gasteiger partial charge on any atom is -0.490 e. The van der Waals surface area contributed by atoms with E-state index in [0.29, 0.717) is 11.6 Å². The molecule has 1 unspecified atom stereocenters. The van der Waals surface area contributed by atoms with Crippen LogP contribution in [0.4, 0.5) is 11.4 Å². The second-order valence-electron chi connectivity index (χ2n) is 4.35. The number of nitro benzene ring substituents is 1. The monoisotopic (exact) mass is 251 g/mol. The topological polar surface area (TPSA) is 76.4 Å². The van der Waals surface area contributed by atoms with E-state index in [1.807, 2.05) is 0 Å². The second-order valence-corrected chi connectivity index (χ2v) is 4.35. The number of benzene rings is 1. The highest BCUT2D eigenvalue weighted by Gasteiger charge is 2.21. The molecule has 18 heavy (non-hydrogen) atoms. The van der Waals surface area contributed by atoms with Crippen LogP contribution in [-0.2, 0) is 0 Å². The Kier molecular flexibility index (Phi) is 3.99. The quantitative estimate of drug-likeness (QED) is 0.614. The first kappa shape index (κ1) is 12.6. The van der Waals surface area contributed by atoms with Crippen LogP contribution in [0.5, 0.6) is 5.75 Å². The molecule has 0 bridgehead atoms. The van der Waals surface area contributed by atoms with Crippen molar-refractivity contribution >= 4 is 11.4 Å². The molecule has 0 spiro atoms. The number of nitro groups is 1. The molecule has 1 heterocycles. The van der Waals surface area contributed by atoms with Crippen molar-refractivity contribution in [1.82, 2.24) is 5.32 Å². The minimum atomic E-state index is -0.409. The summed E-state index contributed by atoms with van der Waals surface area (Å²) in [6, 6.07) is 5.06. The highest BCUT2D eigenvalue weighted by atomic mass is 16.6. The normalized spacial score (nSPS) is 18.6. The molecule has 2 rings (SSSR count). The van der Waals surface area contributed by atoms with Gasteiger partial charge in [0, 0.05) is 6.54 Å². The molecule has 0 aliphatic carbocycles. The van der Waals surface area contributed by atoms with Crippen LogP contribution in [0, 0.1) is 16.0 Å². The first-order valence-electron chi connectivity index (χ1n) is 5.98. The summed E-state index contributed by atoms with van der Waals surface area (Å²) < 4.78 is 5.03. The molecule has 1 aliphatic heterocycles. The number of methoxy groups -OCH3 is 1. The average Bonchev–Trinajstić information content (AvgIpc) is 2.88. The van der Waals surface area contributed by atoms with Crippen LogP contribution in [0.15, 0.2) is 18.2 Å². The smallest absolute Gasteiger partial charge is 0.333 e. The Balaban J connectivity index is 2.13. The summed E-state index contributed by atoms with van der Waals surface area (Å²) >= 11 is 0. The van der Waals surface area contributed by atoms with Gasteiger partial charge in [-0.05, 0) is 37.6 Å². The molecule has 1 aromatic rings. The predicted octanol–water partition coefficient (Wildman–Crippen LogP) is 1.62. The maximum Gasteiger partial charge on any atom is 0.333 e. The lowest BCUT2D eigenvalue weighted by Crippen LogP contribution is -2.17. The molecule has 6 nitrogen and oxygen atoms in total. The fourth-order valence-electron chi connectivity index (χ4n) is 2.16. The number of para-hydroxylation sites is 1. The number of nitrogens with zero attached hydrogens (tertiary/aromatic N) is 1. The summed E-state index contributed by atoms with van der Waals surface area (Å²) in [6.45, 7) is 2.72. The zero-order chi connectivity index (χ0) is 13.0. The Morgan fingerprint density at radius 1 is 1.61 bits per heavy atom. The lowest BCUT2D eigenvalue weighted by molar-refractivity contribution is -0.384. The first-order valence-corrected chi connectivity index (χ1v) is 5.98. The third-order valence-electron chi connectivity index (χ3n) is 3.15. The van der Waals surface area contributed by atoms with Gasteiger partial charge in [0.05, 0.1) is 12.0 Å². The van der Waals surface area contributed by atoms with Crippen LogP contribution in [0.25, 0.3) is 0 Å². The van der Waals surface area contributed by atoms with E-state index in [1.54, 1.807) is 18.2 Å². The fraction of sp³-hybridized carbons (Fsp3) is 0.500. The maximum atomic E-state index is 11.1. The minimum absolute atomic E-state index is 0.00551. The van der Waals surface area contributed by atoms with E-state index in [0.717, 1.165) is 26.1 Å². The van der Waals surface area contributed by atoms with Crippen LogP contribution < -0.4 is 15.4 Å². The molecule has 0 aromatic heterocycles. The molecule has 1 aromatic carbocycles. The van der Waals surface area contributed by atoms with Crippen molar-refractivity contribution in [2.75, 3.05) is 32.1 Å². The lowest BCUT2D eigenvalue weighted by Gasteiger charge is -2.12. The molecule has 1 fully saturated rings. The predicted molar refractivity (Wildman–Crippen MR) is 69.1 cm³/mol. The Labute approximate surface area is 105 Å². The van der Waals surface area contributed by atoms with Gasteiger partial charge in [0.2, 0.25) is 0 Å². The van der Waals surface area contributed by atoms with Crippen molar-refractivity contribution < 1.29 is 9.66 Å². The van der Waals surface area contributed by atoms with Crippen molar-refractivity contribution in [2.24, 2.45) is 5.92 Å². The molecule has 1 aliphatic rings. The largest absolute Gasteiger partial charge is 0.490 e. The van der Waals surface area contributed by atoms with Gasteiger partial charge in [-0.3, -0.25) is 10.1 Å². The Bertz CT molecular complexity index is 431. The SMILES string of the molecule is COc1cccc(NCC2CCNC2)c1[N+](=O)[O-]. The van der Waals surface area contributed by atoms with E-state index >= 15 is 0 Å². The molecule has 0 radical (unpaired) electrons. The third-order valence-corrected chi connectivity index (χ3v) is 3.15. The summed E-state index contributed by atoms with van der Waals surface area (Å²) in [5.41, 5.74) is 0.525. The second kappa shape index (κ2) is 5.68. The van der Waals surface area contributed by atoms with E-state index < -0.39 is 4.92 Å². The third kappa shape index (κ3) is 2.70. The number of rotatable bonds is 5. The summed E-state index contributed by atoms with van der Waals surface area (Å²) in [5, 5.41) is 17.5. The molecule has 0 amide bonds. The van der Waals surface area contributed by atoms with Crippen molar-refractivity contribution in [3.05, 3.63) is 28.3 Å². The van der Waals surface area contributed by atoms with E-state index in [-0.39, 0.29) is 11.4 Å². The summed E-state index contributed by atoms with van der Waals surface area (Å²) in [5.74, 6) is 0.811. The van der Waals surface area contributed by atoms with Crippen LogP contribution in [0.1, 0.15) is 6.42 Å². The molecular weight excluding hydrogens is 234 g/mol. The van der Waals surface area contributed by atoms with Gasteiger partial charge in [-0.1, -0.05) is 6.07 Å².